The zero-order valence-electron chi connectivity index (χ0n) is 20.0. The van der Waals surface area contributed by atoms with Crippen molar-refractivity contribution in [3.05, 3.63) is 34.9 Å². The predicted molar refractivity (Wildman–Crippen MR) is 124 cm³/mol. The van der Waals surface area contributed by atoms with Crippen molar-refractivity contribution >= 4 is 17.5 Å². The van der Waals surface area contributed by atoms with E-state index in [1.807, 2.05) is 0 Å². The van der Waals surface area contributed by atoms with Crippen LogP contribution in [0.3, 0.4) is 0 Å². The maximum Gasteiger partial charge on any atom is 0.306 e. The van der Waals surface area contributed by atoms with Gasteiger partial charge in [-0.2, -0.15) is 0 Å². The van der Waals surface area contributed by atoms with Crippen LogP contribution in [-0.4, -0.2) is 31.8 Å². The van der Waals surface area contributed by atoms with Crippen molar-refractivity contribution in [1.29, 1.82) is 0 Å². The van der Waals surface area contributed by atoms with E-state index in [-0.39, 0.29) is 40.2 Å². The summed E-state index contributed by atoms with van der Waals surface area (Å²) in [5.41, 5.74) is 0.907. The fraction of sp³-hybridized carbons (Fsp3) is 0.577. The van der Waals surface area contributed by atoms with Gasteiger partial charge in [0.05, 0.1) is 25.3 Å². The topological polar surface area (TPSA) is 78.9 Å². The molecule has 1 aliphatic rings. The van der Waals surface area contributed by atoms with Crippen LogP contribution in [0.1, 0.15) is 105 Å². The second-order valence-electron chi connectivity index (χ2n) is 8.63. The van der Waals surface area contributed by atoms with Crippen molar-refractivity contribution in [2.45, 2.75) is 78.2 Å². The van der Waals surface area contributed by atoms with E-state index in [0.717, 1.165) is 32.1 Å². The zero-order valence-corrected chi connectivity index (χ0v) is 20.0. The third-order valence-electron chi connectivity index (χ3n) is 5.69. The summed E-state index contributed by atoms with van der Waals surface area (Å²) in [6.07, 6.45) is 8.85. The lowest BCUT2D eigenvalue weighted by Gasteiger charge is -2.25. The molecule has 6 heteroatoms. The van der Waals surface area contributed by atoms with Crippen molar-refractivity contribution < 1.29 is 28.6 Å². The minimum Gasteiger partial charge on any atom is -0.496 e. The molecule has 0 heterocycles. The van der Waals surface area contributed by atoms with Crippen molar-refractivity contribution in [1.82, 2.24) is 0 Å². The van der Waals surface area contributed by atoms with Crippen molar-refractivity contribution in [2.75, 3.05) is 14.2 Å². The van der Waals surface area contributed by atoms with Crippen LogP contribution in [0.5, 0.6) is 11.5 Å². The predicted octanol–water partition coefficient (Wildman–Crippen LogP) is 6.02. The molecule has 32 heavy (non-hydrogen) atoms. The van der Waals surface area contributed by atoms with Crippen LogP contribution >= 0.6 is 0 Å². The fourth-order valence-electron chi connectivity index (χ4n) is 3.93. The molecule has 0 aliphatic heterocycles. The average Bonchev–Trinajstić information content (AvgIpc) is 2.77. The van der Waals surface area contributed by atoms with E-state index in [1.165, 1.54) is 32.8 Å². The maximum absolute atomic E-state index is 12.7. The number of unbranched alkanes of at least 4 members (excludes halogenated alkanes) is 4. The Morgan fingerprint density at radius 3 is 2.16 bits per heavy atom. The number of benzene rings is 1. The van der Waals surface area contributed by atoms with E-state index in [1.54, 1.807) is 6.07 Å². The summed E-state index contributed by atoms with van der Waals surface area (Å²) in [7, 11) is 2.91. The van der Waals surface area contributed by atoms with E-state index in [2.05, 4.69) is 20.8 Å². The lowest BCUT2D eigenvalue weighted by molar-refractivity contribution is -0.150. The number of hydrogen-bond donors (Lipinski definition) is 0. The van der Waals surface area contributed by atoms with Crippen molar-refractivity contribution in [3.63, 3.8) is 0 Å². The summed E-state index contributed by atoms with van der Waals surface area (Å²) in [6.45, 7) is 6.36. The third-order valence-corrected chi connectivity index (χ3v) is 5.69. The Hall–Kier alpha value is -2.63. The lowest BCUT2D eigenvalue weighted by atomic mass is 9.88. The molecule has 1 aromatic carbocycles. The van der Waals surface area contributed by atoms with Gasteiger partial charge in [-0.3, -0.25) is 14.4 Å². The molecule has 0 spiro atoms. The van der Waals surface area contributed by atoms with Gasteiger partial charge in [0.25, 0.3) is 0 Å². The van der Waals surface area contributed by atoms with Crippen LogP contribution in [0.25, 0.3) is 0 Å². The van der Waals surface area contributed by atoms with Gasteiger partial charge in [-0.15, -0.1) is 0 Å². The van der Waals surface area contributed by atoms with Gasteiger partial charge in [0.1, 0.15) is 17.6 Å². The summed E-state index contributed by atoms with van der Waals surface area (Å²) in [5, 5.41) is 0. The van der Waals surface area contributed by atoms with Crippen LogP contribution < -0.4 is 9.47 Å². The summed E-state index contributed by atoms with van der Waals surface area (Å²) < 4.78 is 17.0. The molecule has 0 N–H and O–H groups in total. The van der Waals surface area contributed by atoms with Gasteiger partial charge in [-0.05, 0) is 43.4 Å². The van der Waals surface area contributed by atoms with Crippen molar-refractivity contribution in [2.24, 2.45) is 5.92 Å². The maximum atomic E-state index is 12.7. The number of ether oxygens (including phenoxy) is 3. The molecule has 176 valence electrons. The monoisotopic (exact) mass is 444 g/mol. The molecular formula is C26H36O6. The number of carbonyl (C=O) groups is 3. The highest BCUT2D eigenvalue weighted by molar-refractivity contribution is 6.24. The number of allylic oxidation sites excluding steroid dienone is 2. The molecular weight excluding hydrogens is 408 g/mol. The Morgan fingerprint density at radius 2 is 1.56 bits per heavy atom. The highest BCUT2D eigenvalue weighted by Crippen LogP contribution is 2.42. The van der Waals surface area contributed by atoms with E-state index >= 15 is 0 Å². The molecule has 0 saturated carbocycles. The first kappa shape index (κ1) is 25.6. The van der Waals surface area contributed by atoms with Crippen LogP contribution in [0.15, 0.2) is 18.2 Å². The van der Waals surface area contributed by atoms with E-state index in [0.29, 0.717) is 24.3 Å². The summed E-state index contributed by atoms with van der Waals surface area (Å²) in [4.78, 5) is 37.8. The third kappa shape index (κ3) is 6.44. The Labute approximate surface area is 191 Å². The number of rotatable bonds is 13. The Morgan fingerprint density at radius 1 is 0.906 bits per heavy atom. The largest absolute Gasteiger partial charge is 0.496 e. The number of ketones is 2. The van der Waals surface area contributed by atoms with Gasteiger partial charge in [0.15, 0.2) is 11.6 Å². The molecule has 1 aromatic rings. The van der Waals surface area contributed by atoms with Crippen molar-refractivity contribution in [3.8, 4) is 11.5 Å². The molecule has 2 rings (SSSR count). The molecule has 0 saturated heterocycles. The second kappa shape index (κ2) is 12.4. The highest BCUT2D eigenvalue weighted by Gasteiger charge is 2.33. The van der Waals surface area contributed by atoms with Crippen LogP contribution in [0.2, 0.25) is 0 Å². The first-order valence-corrected chi connectivity index (χ1v) is 11.6. The van der Waals surface area contributed by atoms with Gasteiger partial charge < -0.3 is 14.2 Å². The fourth-order valence-corrected chi connectivity index (χ4v) is 3.93. The number of esters is 1. The second-order valence-corrected chi connectivity index (χ2v) is 8.63. The molecule has 0 aromatic heterocycles. The van der Waals surface area contributed by atoms with Gasteiger partial charge in [0.2, 0.25) is 0 Å². The number of methoxy groups -OCH3 is 2. The Bertz CT molecular complexity index is 852. The summed E-state index contributed by atoms with van der Waals surface area (Å²) in [5.74, 6) is 0.0421. The van der Waals surface area contributed by atoms with E-state index in [9.17, 15) is 14.4 Å². The molecule has 0 fully saturated rings. The Kier molecular flexibility index (Phi) is 9.95. The number of fused-ring (bicyclic) bond motifs is 1. The summed E-state index contributed by atoms with van der Waals surface area (Å²) in [6, 6.07) is 1.67. The van der Waals surface area contributed by atoms with Gasteiger partial charge >= 0.3 is 5.97 Å². The molecule has 6 nitrogen and oxygen atoms in total. The average molecular weight is 445 g/mol. The van der Waals surface area contributed by atoms with Crippen LogP contribution in [0.4, 0.5) is 0 Å². The molecule has 0 radical (unpaired) electrons. The Balaban J connectivity index is 2.38. The quantitative estimate of drug-likeness (QED) is 0.273. The van der Waals surface area contributed by atoms with Gasteiger partial charge in [-0.1, -0.05) is 46.5 Å². The minimum absolute atomic E-state index is 0.166. The lowest BCUT2D eigenvalue weighted by Crippen LogP contribution is -2.19. The SMILES string of the molecule is CCCCCCCC(=O)OC(CCC(C)C)c1cc(OC)c2c(c1OC)C(=O)C=CC2=O. The first-order valence-electron chi connectivity index (χ1n) is 11.6. The van der Waals surface area contributed by atoms with Crippen LogP contribution in [0, 0.1) is 5.92 Å². The minimum atomic E-state index is -0.594. The molecule has 0 amide bonds. The van der Waals surface area contributed by atoms with E-state index < -0.39 is 6.10 Å². The smallest absolute Gasteiger partial charge is 0.306 e. The van der Waals surface area contributed by atoms with Gasteiger partial charge in [-0.25, -0.2) is 0 Å². The summed E-state index contributed by atoms with van der Waals surface area (Å²) >= 11 is 0. The van der Waals surface area contributed by atoms with Crippen LogP contribution in [-0.2, 0) is 9.53 Å². The number of carbonyl (C=O) groups excluding carboxylic acids is 3. The number of hydrogen-bond acceptors (Lipinski definition) is 6. The van der Waals surface area contributed by atoms with Gasteiger partial charge in [0, 0.05) is 12.0 Å². The standard InChI is InChI=1S/C26H36O6/c1-6-7-8-9-10-11-23(29)32-21(15-12-17(2)3)18-16-22(30-4)24-19(27)13-14-20(28)25(24)26(18)31-5/h13-14,16-17,21H,6-12,15H2,1-5H3. The molecule has 1 unspecified atom stereocenters. The first-order chi connectivity index (χ1) is 15.3. The normalized spacial score (nSPS) is 13.8. The zero-order chi connectivity index (χ0) is 23.7. The molecule has 1 atom stereocenters. The van der Waals surface area contributed by atoms with E-state index in [4.69, 9.17) is 14.2 Å². The highest BCUT2D eigenvalue weighted by atomic mass is 16.5. The molecule has 0 bridgehead atoms. The molecule has 1 aliphatic carbocycles.